The third kappa shape index (κ3) is 4.60. The van der Waals surface area contributed by atoms with Crippen LogP contribution in [0.15, 0.2) is 58.2 Å². The predicted molar refractivity (Wildman–Crippen MR) is 156 cm³/mol. The number of benzene rings is 1. The van der Waals surface area contributed by atoms with E-state index in [1.165, 1.54) is 22.7 Å². The number of carbonyl (C=O) groups is 2. The van der Waals surface area contributed by atoms with Crippen molar-refractivity contribution in [2.75, 3.05) is 23.3 Å². The van der Waals surface area contributed by atoms with E-state index in [2.05, 4.69) is 35.1 Å². The van der Waals surface area contributed by atoms with Crippen LogP contribution in [0.1, 0.15) is 50.2 Å². The number of thiazole rings is 1. The van der Waals surface area contributed by atoms with Crippen LogP contribution in [0.2, 0.25) is 0 Å². The molecule has 0 saturated carbocycles. The molecule has 1 aromatic carbocycles. The van der Waals surface area contributed by atoms with Gasteiger partial charge in [-0.25, -0.2) is 19.9 Å². The largest absolute Gasteiger partial charge is 0.355 e. The molecule has 1 fully saturated rings. The highest BCUT2D eigenvalue weighted by molar-refractivity contribution is 7.17. The number of ketones is 1. The van der Waals surface area contributed by atoms with Crippen molar-refractivity contribution in [2.24, 2.45) is 0 Å². The number of nitrogens with one attached hydrogen (secondary N) is 2. The van der Waals surface area contributed by atoms with Gasteiger partial charge in [0.1, 0.15) is 17.8 Å². The number of H-pyrrole nitrogens is 1. The second kappa shape index (κ2) is 9.95. The number of aromatic nitrogens is 5. The molecule has 1 aliphatic heterocycles. The Kier molecular flexibility index (Phi) is 6.14. The smallest absolute Gasteiger partial charge is 0.277 e. The van der Waals surface area contributed by atoms with Gasteiger partial charge >= 0.3 is 0 Å². The summed E-state index contributed by atoms with van der Waals surface area (Å²) < 4.78 is 1.13. The lowest BCUT2D eigenvalue weighted by molar-refractivity contribution is 0.101. The number of hydrogen-bond acceptors (Lipinski definition) is 10. The fourth-order valence-electron chi connectivity index (χ4n) is 4.86. The highest BCUT2D eigenvalue weighted by Gasteiger charge is 2.26. The Balaban J connectivity index is 1.01. The molecule has 0 aliphatic carbocycles. The molecule has 5 aromatic heterocycles. The van der Waals surface area contributed by atoms with Crippen molar-refractivity contribution in [2.45, 2.75) is 18.8 Å². The highest BCUT2D eigenvalue weighted by atomic mass is 32.1. The first-order chi connectivity index (χ1) is 19.1. The molecule has 9 nitrogen and oxygen atoms in total. The van der Waals surface area contributed by atoms with Crippen LogP contribution < -0.4 is 10.2 Å². The summed E-state index contributed by atoms with van der Waals surface area (Å²) in [7, 11) is 0. The number of thiophene rings is 2. The molecular formula is C27H21N7O2S3. The number of fused-ring (bicyclic) bond motifs is 2. The summed E-state index contributed by atoms with van der Waals surface area (Å²) in [6.07, 6.45) is 3.52. The van der Waals surface area contributed by atoms with Crippen LogP contribution in [0.25, 0.3) is 21.3 Å². The third-order valence-electron chi connectivity index (χ3n) is 6.88. The van der Waals surface area contributed by atoms with Gasteiger partial charge in [0.05, 0.1) is 26.3 Å². The highest BCUT2D eigenvalue weighted by Crippen LogP contribution is 2.35. The molecule has 39 heavy (non-hydrogen) atoms. The lowest BCUT2D eigenvalue weighted by atomic mass is 9.97. The number of aromatic amines is 1. The Hall–Kier alpha value is -4.00. The zero-order valence-electron chi connectivity index (χ0n) is 20.5. The van der Waals surface area contributed by atoms with Crippen LogP contribution in [-0.4, -0.2) is 49.7 Å². The number of rotatable bonds is 6. The van der Waals surface area contributed by atoms with Crippen LogP contribution >= 0.6 is 34.0 Å². The Labute approximate surface area is 234 Å². The molecule has 0 atom stereocenters. The summed E-state index contributed by atoms with van der Waals surface area (Å²) in [6.45, 7) is 1.76. The Morgan fingerprint density at radius 1 is 0.949 bits per heavy atom. The van der Waals surface area contributed by atoms with Crippen molar-refractivity contribution in [1.82, 2.24) is 24.9 Å². The van der Waals surface area contributed by atoms with Gasteiger partial charge < -0.3 is 9.88 Å². The molecule has 7 rings (SSSR count). The number of carbonyl (C=O) groups excluding carboxylic acids is 2. The molecule has 0 bridgehead atoms. The van der Waals surface area contributed by atoms with Gasteiger partial charge in [0, 0.05) is 40.9 Å². The molecule has 0 spiro atoms. The van der Waals surface area contributed by atoms with E-state index >= 15 is 0 Å². The number of imidazole rings is 1. The maximum Gasteiger partial charge on any atom is 0.277 e. The number of amides is 1. The third-order valence-corrected chi connectivity index (χ3v) is 9.47. The Morgan fingerprint density at radius 2 is 1.85 bits per heavy atom. The standard InChI is InChI=1S/C27H21N7O2S3/c35-22(17-5-9-37-12-17)16-1-2-18-20(11-16)32-27(31-18)33-25(36)21-13-39-26(30-21)15-3-7-34(8-4-15)24-23-19(6-10-38-23)28-14-29-24/h1-2,5-6,9-15H,3-4,7-8H2,(H2,31,32,33,36). The summed E-state index contributed by atoms with van der Waals surface area (Å²) in [4.78, 5) is 49.1. The van der Waals surface area contributed by atoms with Gasteiger partial charge in [-0.3, -0.25) is 14.9 Å². The maximum absolute atomic E-state index is 13.0. The molecule has 6 heterocycles. The van der Waals surface area contributed by atoms with E-state index in [1.807, 2.05) is 28.3 Å². The summed E-state index contributed by atoms with van der Waals surface area (Å²) >= 11 is 4.68. The van der Waals surface area contributed by atoms with Crippen LogP contribution in [-0.2, 0) is 0 Å². The average molecular weight is 572 g/mol. The molecule has 0 unspecified atom stereocenters. The number of anilines is 2. The number of piperidine rings is 1. The second-order valence-electron chi connectivity index (χ2n) is 9.28. The first-order valence-corrected chi connectivity index (χ1v) is 15.1. The quantitative estimate of drug-likeness (QED) is 0.237. The monoisotopic (exact) mass is 571 g/mol. The molecule has 194 valence electrons. The van der Waals surface area contributed by atoms with E-state index in [0.29, 0.717) is 39.7 Å². The van der Waals surface area contributed by atoms with Crippen LogP contribution in [0.5, 0.6) is 0 Å². The first kappa shape index (κ1) is 24.1. The topological polar surface area (TPSA) is 117 Å². The van der Waals surface area contributed by atoms with Gasteiger partial charge in [-0.05, 0) is 53.9 Å². The summed E-state index contributed by atoms with van der Waals surface area (Å²) in [5.41, 5.74) is 3.94. The van der Waals surface area contributed by atoms with Crippen LogP contribution in [0, 0.1) is 0 Å². The molecule has 1 aliphatic rings. The van der Waals surface area contributed by atoms with E-state index in [1.54, 1.807) is 41.2 Å². The van der Waals surface area contributed by atoms with E-state index in [9.17, 15) is 9.59 Å². The van der Waals surface area contributed by atoms with E-state index < -0.39 is 0 Å². The predicted octanol–water partition coefficient (Wildman–Crippen LogP) is 5.95. The van der Waals surface area contributed by atoms with Crippen molar-refractivity contribution in [3.05, 3.63) is 80.0 Å². The van der Waals surface area contributed by atoms with Gasteiger partial charge in [0.25, 0.3) is 5.91 Å². The normalized spacial score (nSPS) is 14.3. The van der Waals surface area contributed by atoms with Crippen molar-refractivity contribution >= 4 is 78.7 Å². The van der Waals surface area contributed by atoms with E-state index in [-0.39, 0.29) is 11.7 Å². The van der Waals surface area contributed by atoms with Gasteiger partial charge in [-0.15, -0.1) is 22.7 Å². The number of nitrogens with zero attached hydrogens (tertiary/aromatic N) is 5. The van der Waals surface area contributed by atoms with Gasteiger partial charge in [-0.2, -0.15) is 11.3 Å². The minimum Gasteiger partial charge on any atom is -0.355 e. The molecule has 1 saturated heterocycles. The van der Waals surface area contributed by atoms with Crippen molar-refractivity contribution in [3.63, 3.8) is 0 Å². The molecule has 1 amide bonds. The minimum atomic E-state index is -0.315. The lowest BCUT2D eigenvalue weighted by Gasteiger charge is -2.32. The van der Waals surface area contributed by atoms with E-state index in [4.69, 9.17) is 0 Å². The fourth-order valence-corrected chi connectivity index (χ4v) is 7.33. The zero-order valence-corrected chi connectivity index (χ0v) is 22.9. The second-order valence-corrected chi connectivity index (χ2v) is 11.9. The molecule has 2 N–H and O–H groups in total. The van der Waals surface area contributed by atoms with Crippen molar-refractivity contribution in [3.8, 4) is 0 Å². The summed E-state index contributed by atoms with van der Waals surface area (Å²) in [5, 5.41) is 11.4. The average Bonchev–Trinajstić information content (AvgIpc) is 3.78. The van der Waals surface area contributed by atoms with Crippen molar-refractivity contribution in [1.29, 1.82) is 0 Å². The molecule has 6 aromatic rings. The minimum absolute atomic E-state index is 0.0454. The van der Waals surface area contributed by atoms with Crippen molar-refractivity contribution < 1.29 is 9.59 Å². The maximum atomic E-state index is 13.0. The Morgan fingerprint density at radius 3 is 2.69 bits per heavy atom. The first-order valence-electron chi connectivity index (χ1n) is 12.4. The van der Waals surface area contributed by atoms with Gasteiger partial charge in [0.2, 0.25) is 5.95 Å². The lowest BCUT2D eigenvalue weighted by Crippen LogP contribution is -2.33. The summed E-state index contributed by atoms with van der Waals surface area (Å²) in [5.74, 6) is 1.27. The zero-order chi connectivity index (χ0) is 26.3. The summed E-state index contributed by atoms with van der Waals surface area (Å²) in [6, 6.07) is 9.12. The molecule has 0 radical (unpaired) electrons. The fraction of sp³-hybridized carbons (Fsp3) is 0.185. The van der Waals surface area contributed by atoms with Gasteiger partial charge in [-0.1, -0.05) is 0 Å². The van der Waals surface area contributed by atoms with E-state index in [0.717, 1.165) is 47.0 Å². The number of hydrogen-bond donors (Lipinski definition) is 2. The van der Waals surface area contributed by atoms with Crippen LogP contribution in [0.4, 0.5) is 11.8 Å². The van der Waals surface area contributed by atoms with Crippen LogP contribution in [0.3, 0.4) is 0 Å². The molecular weight excluding hydrogens is 551 g/mol. The molecule has 12 heteroatoms. The van der Waals surface area contributed by atoms with Gasteiger partial charge in [0.15, 0.2) is 5.78 Å². The Bertz CT molecular complexity index is 1810. The SMILES string of the molecule is O=C(c1ccsc1)c1ccc2nc(NC(=O)c3csc(C4CCN(c5ncnc6ccsc56)CC4)n3)[nH]c2c1.